The van der Waals surface area contributed by atoms with Crippen LogP contribution in [0.5, 0.6) is 0 Å². The molecule has 0 atom stereocenters. The van der Waals surface area contributed by atoms with E-state index in [1.54, 1.807) is 42.7 Å². The average Bonchev–Trinajstić information content (AvgIpc) is 3.20. The molecule has 26 heavy (non-hydrogen) atoms. The molecule has 0 aliphatic heterocycles. The number of hydrogen-bond acceptors (Lipinski definition) is 3. The molecule has 5 heteroatoms. The lowest BCUT2D eigenvalue weighted by atomic mass is 10.1. The number of carbonyl (C=O) groups is 2. The van der Waals surface area contributed by atoms with Crippen LogP contribution in [0.4, 0.5) is 5.69 Å². The molecule has 1 heterocycles. The highest BCUT2D eigenvalue weighted by Crippen LogP contribution is 2.17. The predicted molar refractivity (Wildman–Crippen MR) is 100 cm³/mol. The fourth-order valence-electron chi connectivity index (χ4n) is 2.60. The number of para-hydroxylation sites is 1. The second-order valence-corrected chi connectivity index (χ2v) is 5.80. The standard InChI is InChI=1S/C21H20N2O3/c1-2-15-6-3-4-8-19(15)23-21(25)17-11-9-16(10-12-17)20(24)22-14-18-7-5-13-26-18/h3-13H,2,14H2,1H3,(H,22,24)(H,23,25). The van der Waals surface area contributed by atoms with E-state index in [-0.39, 0.29) is 11.8 Å². The molecule has 0 saturated carbocycles. The molecule has 2 aromatic carbocycles. The average molecular weight is 348 g/mol. The van der Waals surface area contributed by atoms with Crippen molar-refractivity contribution in [3.63, 3.8) is 0 Å². The summed E-state index contributed by atoms with van der Waals surface area (Å²) in [5.41, 5.74) is 2.87. The zero-order valence-electron chi connectivity index (χ0n) is 14.5. The molecule has 132 valence electrons. The molecule has 0 fully saturated rings. The molecule has 0 unspecified atom stereocenters. The van der Waals surface area contributed by atoms with Crippen molar-refractivity contribution in [1.82, 2.24) is 5.32 Å². The van der Waals surface area contributed by atoms with Crippen molar-refractivity contribution < 1.29 is 14.0 Å². The van der Waals surface area contributed by atoms with E-state index in [9.17, 15) is 9.59 Å². The van der Waals surface area contributed by atoms with E-state index in [2.05, 4.69) is 10.6 Å². The Bertz CT molecular complexity index is 884. The molecule has 5 nitrogen and oxygen atoms in total. The number of furan rings is 1. The summed E-state index contributed by atoms with van der Waals surface area (Å²) in [6, 6.07) is 17.8. The van der Waals surface area contributed by atoms with Crippen LogP contribution in [0.1, 0.15) is 39.0 Å². The summed E-state index contributed by atoms with van der Waals surface area (Å²) < 4.78 is 5.18. The normalized spacial score (nSPS) is 10.3. The first-order valence-electron chi connectivity index (χ1n) is 8.47. The fraction of sp³-hybridized carbons (Fsp3) is 0.143. The number of hydrogen-bond donors (Lipinski definition) is 2. The Labute approximate surface area is 152 Å². The molecule has 2 N–H and O–H groups in total. The van der Waals surface area contributed by atoms with Crippen LogP contribution < -0.4 is 10.6 Å². The van der Waals surface area contributed by atoms with E-state index in [1.807, 2.05) is 31.2 Å². The highest BCUT2D eigenvalue weighted by atomic mass is 16.3. The van der Waals surface area contributed by atoms with Gasteiger partial charge in [-0.25, -0.2) is 0 Å². The van der Waals surface area contributed by atoms with E-state index in [0.717, 1.165) is 17.7 Å². The minimum absolute atomic E-state index is 0.201. The van der Waals surface area contributed by atoms with E-state index in [1.165, 1.54) is 0 Å². The number of aryl methyl sites for hydroxylation is 1. The van der Waals surface area contributed by atoms with Crippen molar-refractivity contribution in [2.75, 3.05) is 5.32 Å². The Morgan fingerprint density at radius 2 is 1.58 bits per heavy atom. The maximum absolute atomic E-state index is 12.4. The molecule has 1 aromatic heterocycles. The Morgan fingerprint density at radius 3 is 2.23 bits per heavy atom. The van der Waals surface area contributed by atoms with Crippen LogP contribution in [0.25, 0.3) is 0 Å². The van der Waals surface area contributed by atoms with Crippen molar-refractivity contribution in [2.24, 2.45) is 0 Å². The zero-order chi connectivity index (χ0) is 18.4. The van der Waals surface area contributed by atoms with Gasteiger partial charge in [0.15, 0.2) is 0 Å². The second-order valence-electron chi connectivity index (χ2n) is 5.80. The van der Waals surface area contributed by atoms with Crippen LogP contribution in [0.15, 0.2) is 71.3 Å². The first-order valence-corrected chi connectivity index (χ1v) is 8.47. The van der Waals surface area contributed by atoms with Crippen LogP contribution in [0.2, 0.25) is 0 Å². The summed E-state index contributed by atoms with van der Waals surface area (Å²) in [7, 11) is 0. The highest BCUT2D eigenvalue weighted by Gasteiger charge is 2.11. The van der Waals surface area contributed by atoms with Gasteiger partial charge in [-0.3, -0.25) is 9.59 Å². The van der Waals surface area contributed by atoms with Gasteiger partial charge in [-0.05, 0) is 54.4 Å². The van der Waals surface area contributed by atoms with E-state index >= 15 is 0 Å². The van der Waals surface area contributed by atoms with Gasteiger partial charge in [-0.1, -0.05) is 25.1 Å². The van der Waals surface area contributed by atoms with Crippen LogP contribution >= 0.6 is 0 Å². The largest absolute Gasteiger partial charge is 0.467 e. The Balaban J connectivity index is 1.63. The molecule has 0 bridgehead atoms. The predicted octanol–water partition coefficient (Wildman–Crippen LogP) is 4.02. The van der Waals surface area contributed by atoms with Gasteiger partial charge in [0.2, 0.25) is 0 Å². The lowest BCUT2D eigenvalue weighted by Crippen LogP contribution is -2.22. The summed E-state index contributed by atoms with van der Waals surface area (Å²) >= 11 is 0. The summed E-state index contributed by atoms with van der Waals surface area (Å²) in [5, 5.41) is 5.69. The zero-order valence-corrected chi connectivity index (χ0v) is 14.5. The Morgan fingerprint density at radius 1 is 0.885 bits per heavy atom. The minimum Gasteiger partial charge on any atom is -0.467 e. The maximum atomic E-state index is 12.4. The molecular formula is C21H20N2O3. The van der Waals surface area contributed by atoms with Gasteiger partial charge in [-0.2, -0.15) is 0 Å². The molecule has 3 rings (SSSR count). The number of anilines is 1. The van der Waals surface area contributed by atoms with E-state index in [0.29, 0.717) is 23.4 Å². The van der Waals surface area contributed by atoms with Crippen LogP contribution in [-0.4, -0.2) is 11.8 Å². The van der Waals surface area contributed by atoms with Crippen LogP contribution in [-0.2, 0) is 13.0 Å². The van der Waals surface area contributed by atoms with Crippen molar-refractivity contribution in [2.45, 2.75) is 19.9 Å². The lowest BCUT2D eigenvalue weighted by Gasteiger charge is -2.10. The summed E-state index contributed by atoms with van der Waals surface area (Å²) in [5.74, 6) is 0.266. The third kappa shape index (κ3) is 4.19. The molecular weight excluding hydrogens is 328 g/mol. The second kappa shape index (κ2) is 8.16. The van der Waals surface area contributed by atoms with E-state index < -0.39 is 0 Å². The maximum Gasteiger partial charge on any atom is 0.255 e. The topological polar surface area (TPSA) is 71.3 Å². The highest BCUT2D eigenvalue weighted by molar-refractivity contribution is 6.05. The van der Waals surface area contributed by atoms with Gasteiger partial charge < -0.3 is 15.1 Å². The smallest absolute Gasteiger partial charge is 0.255 e. The lowest BCUT2D eigenvalue weighted by molar-refractivity contribution is 0.0946. The van der Waals surface area contributed by atoms with Gasteiger partial charge >= 0.3 is 0 Å². The summed E-state index contributed by atoms with van der Waals surface area (Å²) in [4.78, 5) is 24.6. The fourth-order valence-corrected chi connectivity index (χ4v) is 2.60. The quantitative estimate of drug-likeness (QED) is 0.707. The van der Waals surface area contributed by atoms with E-state index in [4.69, 9.17) is 4.42 Å². The number of rotatable bonds is 6. The van der Waals surface area contributed by atoms with Crippen molar-refractivity contribution in [3.8, 4) is 0 Å². The first kappa shape index (κ1) is 17.5. The van der Waals surface area contributed by atoms with Crippen molar-refractivity contribution >= 4 is 17.5 Å². The monoisotopic (exact) mass is 348 g/mol. The van der Waals surface area contributed by atoms with Crippen LogP contribution in [0.3, 0.4) is 0 Å². The first-order chi connectivity index (χ1) is 12.7. The third-order valence-electron chi connectivity index (χ3n) is 4.06. The Hall–Kier alpha value is -3.34. The molecule has 3 aromatic rings. The summed E-state index contributed by atoms with van der Waals surface area (Å²) in [6.07, 6.45) is 2.40. The number of nitrogens with one attached hydrogen (secondary N) is 2. The minimum atomic E-state index is -0.218. The SMILES string of the molecule is CCc1ccccc1NC(=O)c1ccc(C(=O)NCc2ccco2)cc1. The van der Waals surface area contributed by atoms with Gasteiger partial charge in [-0.15, -0.1) is 0 Å². The molecule has 0 aliphatic carbocycles. The van der Waals surface area contributed by atoms with Crippen LogP contribution in [0, 0.1) is 0 Å². The number of carbonyl (C=O) groups excluding carboxylic acids is 2. The molecule has 0 aliphatic rings. The van der Waals surface area contributed by atoms with Crippen molar-refractivity contribution in [1.29, 1.82) is 0 Å². The molecule has 0 radical (unpaired) electrons. The number of benzene rings is 2. The summed E-state index contributed by atoms with van der Waals surface area (Å²) in [6.45, 7) is 2.36. The number of amides is 2. The molecule has 0 saturated heterocycles. The molecule has 0 spiro atoms. The van der Waals surface area contributed by atoms with Gasteiger partial charge in [0, 0.05) is 16.8 Å². The van der Waals surface area contributed by atoms with Gasteiger partial charge in [0.1, 0.15) is 5.76 Å². The van der Waals surface area contributed by atoms with Gasteiger partial charge in [0.05, 0.1) is 12.8 Å². The Kier molecular flexibility index (Phi) is 5.49. The molecule has 2 amide bonds. The van der Waals surface area contributed by atoms with Crippen molar-refractivity contribution in [3.05, 3.63) is 89.4 Å². The third-order valence-corrected chi connectivity index (χ3v) is 4.06. The van der Waals surface area contributed by atoms with Gasteiger partial charge in [0.25, 0.3) is 11.8 Å².